The van der Waals surface area contributed by atoms with E-state index in [2.05, 4.69) is 10.9 Å². The monoisotopic (exact) mass is 507 g/mol. The van der Waals surface area contributed by atoms with Crippen molar-refractivity contribution in [3.05, 3.63) is 95.1 Å². The van der Waals surface area contributed by atoms with Crippen LogP contribution in [0.25, 0.3) is 6.08 Å². The molecule has 0 unspecified atom stereocenters. The summed E-state index contributed by atoms with van der Waals surface area (Å²) in [7, 11) is -2.14. The number of hydrogen-bond donors (Lipinski definition) is 2. The third-order valence-electron chi connectivity index (χ3n) is 5.47. The standard InChI is InChI=1S/C26H25N3O6S/c1-18-3-11-22(12-4-18)36(32,33)29(2)16-20-5-9-21(10-6-20)26(31)28-27-25(30)14-8-19-7-13-23-24(15-19)35-17-34-23/h3-15H,16-17H2,1-2H3,(H,27,30)(H,28,31)/b14-8+. The molecular formula is C26H25N3O6S. The Labute approximate surface area is 209 Å². The lowest BCUT2D eigenvalue weighted by Gasteiger charge is -2.17. The van der Waals surface area contributed by atoms with Crippen molar-refractivity contribution < 1.29 is 27.5 Å². The highest BCUT2D eigenvalue weighted by Gasteiger charge is 2.21. The quantitative estimate of drug-likeness (QED) is 0.375. The van der Waals surface area contributed by atoms with E-state index in [1.165, 1.54) is 17.4 Å². The molecule has 1 aliphatic heterocycles. The molecule has 0 saturated heterocycles. The Morgan fingerprint density at radius 3 is 2.36 bits per heavy atom. The first-order valence-corrected chi connectivity index (χ1v) is 12.5. The summed E-state index contributed by atoms with van der Waals surface area (Å²) in [6.45, 7) is 2.19. The summed E-state index contributed by atoms with van der Waals surface area (Å²) in [5.41, 5.74) is 7.40. The molecule has 2 amide bonds. The molecule has 0 atom stereocenters. The van der Waals surface area contributed by atoms with Gasteiger partial charge in [-0.15, -0.1) is 0 Å². The zero-order valence-electron chi connectivity index (χ0n) is 19.7. The lowest BCUT2D eigenvalue weighted by atomic mass is 10.1. The first-order valence-electron chi connectivity index (χ1n) is 11.0. The average molecular weight is 508 g/mol. The Bertz CT molecular complexity index is 1400. The number of hydrazine groups is 1. The topological polar surface area (TPSA) is 114 Å². The molecule has 0 aliphatic carbocycles. The van der Waals surface area contributed by atoms with E-state index in [0.29, 0.717) is 22.6 Å². The van der Waals surface area contributed by atoms with Crippen LogP contribution in [0.4, 0.5) is 0 Å². The maximum atomic E-state index is 12.8. The molecule has 1 aliphatic rings. The number of carbonyl (C=O) groups is 2. The normalized spacial score (nSPS) is 12.6. The molecule has 0 aromatic heterocycles. The summed E-state index contributed by atoms with van der Waals surface area (Å²) < 4.78 is 37.3. The van der Waals surface area contributed by atoms with E-state index in [9.17, 15) is 18.0 Å². The maximum absolute atomic E-state index is 12.8. The summed E-state index contributed by atoms with van der Waals surface area (Å²) in [4.78, 5) is 24.6. The van der Waals surface area contributed by atoms with Gasteiger partial charge in [-0.2, -0.15) is 4.31 Å². The fourth-order valence-corrected chi connectivity index (χ4v) is 4.57. The molecule has 0 bridgehead atoms. The second kappa shape index (κ2) is 10.6. The first kappa shape index (κ1) is 25.0. The van der Waals surface area contributed by atoms with Gasteiger partial charge in [0.2, 0.25) is 16.8 Å². The molecule has 9 nitrogen and oxygen atoms in total. The van der Waals surface area contributed by atoms with E-state index < -0.39 is 21.8 Å². The van der Waals surface area contributed by atoms with Gasteiger partial charge in [0.1, 0.15) is 0 Å². The number of sulfonamides is 1. The zero-order chi connectivity index (χ0) is 25.7. The third kappa shape index (κ3) is 5.91. The highest BCUT2D eigenvalue weighted by Crippen LogP contribution is 2.32. The predicted molar refractivity (Wildman–Crippen MR) is 133 cm³/mol. The molecule has 186 valence electrons. The van der Waals surface area contributed by atoms with Crippen LogP contribution in [0.5, 0.6) is 11.5 Å². The summed E-state index contributed by atoms with van der Waals surface area (Å²) in [5.74, 6) is 0.232. The van der Waals surface area contributed by atoms with Crippen LogP contribution in [-0.4, -0.2) is 38.4 Å². The lowest BCUT2D eigenvalue weighted by molar-refractivity contribution is -0.117. The van der Waals surface area contributed by atoms with Crippen molar-refractivity contribution in [1.29, 1.82) is 0 Å². The predicted octanol–water partition coefficient (Wildman–Crippen LogP) is 3.02. The summed E-state index contributed by atoms with van der Waals surface area (Å²) in [6, 6.07) is 18.4. The number of fused-ring (bicyclic) bond motifs is 1. The fraction of sp³-hybridized carbons (Fsp3) is 0.154. The number of benzene rings is 3. The van der Waals surface area contributed by atoms with E-state index in [4.69, 9.17) is 9.47 Å². The SMILES string of the molecule is Cc1ccc(S(=O)(=O)N(C)Cc2ccc(C(=O)NNC(=O)/C=C/c3ccc4c(c3)OCO4)cc2)cc1. The smallest absolute Gasteiger partial charge is 0.269 e. The van der Waals surface area contributed by atoms with Crippen molar-refractivity contribution >= 4 is 27.9 Å². The summed E-state index contributed by atoms with van der Waals surface area (Å²) >= 11 is 0. The van der Waals surface area contributed by atoms with Crippen LogP contribution >= 0.6 is 0 Å². The Balaban J connectivity index is 1.29. The van der Waals surface area contributed by atoms with E-state index in [0.717, 1.165) is 11.1 Å². The largest absolute Gasteiger partial charge is 0.454 e. The number of nitrogens with one attached hydrogen (secondary N) is 2. The van der Waals surface area contributed by atoms with Gasteiger partial charge in [0.25, 0.3) is 11.8 Å². The molecule has 0 fully saturated rings. The van der Waals surface area contributed by atoms with Crippen LogP contribution in [0.15, 0.2) is 77.7 Å². The molecule has 1 heterocycles. The summed E-state index contributed by atoms with van der Waals surface area (Å²) in [5, 5.41) is 0. The van der Waals surface area contributed by atoms with Crippen molar-refractivity contribution in [1.82, 2.24) is 15.2 Å². The molecule has 0 radical (unpaired) electrons. The minimum Gasteiger partial charge on any atom is -0.454 e. The van der Waals surface area contributed by atoms with E-state index >= 15 is 0 Å². The van der Waals surface area contributed by atoms with Crippen molar-refractivity contribution in [2.45, 2.75) is 18.4 Å². The molecule has 3 aromatic rings. The Kier molecular flexibility index (Phi) is 7.37. The highest BCUT2D eigenvalue weighted by molar-refractivity contribution is 7.89. The van der Waals surface area contributed by atoms with Crippen LogP contribution in [0.1, 0.15) is 27.0 Å². The van der Waals surface area contributed by atoms with E-state index in [1.54, 1.807) is 72.8 Å². The van der Waals surface area contributed by atoms with Gasteiger partial charge in [0, 0.05) is 25.2 Å². The lowest BCUT2D eigenvalue weighted by Crippen LogP contribution is -2.40. The number of ether oxygens (including phenoxy) is 2. The molecule has 4 rings (SSSR count). The van der Waals surface area contributed by atoms with Crippen molar-refractivity contribution in [3.63, 3.8) is 0 Å². The average Bonchev–Trinajstić information content (AvgIpc) is 3.34. The van der Waals surface area contributed by atoms with E-state index in [-0.39, 0.29) is 18.2 Å². The second-order valence-corrected chi connectivity index (χ2v) is 10.2. The molecule has 36 heavy (non-hydrogen) atoms. The van der Waals surface area contributed by atoms with Gasteiger partial charge in [-0.1, -0.05) is 35.9 Å². The Morgan fingerprint density at radius 2 is 1.64 bits per heavy atom. The molecule has 3 aromatic carbocycles. The number of nitrogens with zero attached hydrogens (tertiary/aromatic N) is 1. The molecule has 10 heteroatoms. The van der Waals surface area contributed by atoms with Crippen LogP contribution in [0, 0.1) is 6.92 Å². The fourth-order valence-electron chi connectivity index (χ4n) is 3.41. The molecular weight excluding hydrogens is 482 g/mol. The van der Waals surface area contributed by atoms with Crippen molar-refractivity contribution in [2.75, 3.05) is 13.8 Å². The second-order valence-electron chi connectivity index (χ2n) is 8.16. The number of carbonyl (C=O) groups excluding carboxylic acids is 2. The molecule has 0 saturated carbocycles. The minimum absolute atomic E-state index is 0.138. The number of aryl methyl sites for hydroxylation is 1. The minimum atomic E-state index is -3.64. The van der Waals surface area contributed by atoms with E-state index in [1.807, 2.05) is 6.92 Å². The Morgan fingerprint density at radius 1 is 0.944 bits per heavy atom. The van der Waals surface area contributed by atoms with Crippen LogP contribution in [-0.2, 0) is 21.4 Å². The first-order chi connectivity index (χ1) is 17.2. The van der Waals surface area contributed by atoms with Gasteiger partial charge in [0.15, 0.2) is 11.5 Å². The van der Waals surface area contributed by atoms with Gasteiger partial charge < -0.3 is 9.47 Å². The zero-order valence-corrected chi connectivity index (χ0v) is 20.5. The van der Waals surface area contributed by atoms with Crippen LogP contribution < -0.4 is 20.3 Å². The molecule has 0 spiro atoms. The van der Waals surface area contributed by atoms with Crippen LogP contribution in [0.2, 0.25) is 0 Å². The maximum Gasteiger partial charge on any atom is 0.269 e. The number of amides is 2. The highest BCUT2D eigenvalue weighted by atomic mass is 32.2. The van der Waals surface area contributed by atoms with Gasteiger partial charge >= 0.3 is 0 Å². The number of hydrogen-bond acceptors (Lipinski definition) is 6. The van der Waals surface area contributed by atoms with Gasteiger partial charge in [-0.25, -0.2) is 8.42 Å². The van der Waals surface area contributed by atoms with Gasteiger partial charge in [-0.05, 0) is 60.5 Å². The summed E-state index contributed by atoms with van der Waals surface area (Å²) in [6.07, 6.45) is 2.87. The van der Waals surface area contributed by atoms with Crippen LogP contribution in [0.3, 0.4) is 0 Å². The third-order valence-corrected chi connectivity index (χ3v) is 7.29. The van der Waals surface area contributed by atoms with Crippen molar-refractivity contribution in [3.8, 4) is 11.5 Å². The van der Waals surface area contributed by atoms with Gasteiger partial charge in [-0.3, -0.25) is 20.4 Å². The van der Waals surface area contributed by atoms with Crippen molar-refractivity contribution in [2.24, 2.45) is 0 Å². The Hall–Kier alpha value is -4.15. The molecule has 2 N–H and O–H groups in total. The number of rotatable bonds is 7. The van der Waals surface area contributed by atoms with Gasteiger partial charge in [0.05, 0.1) is 4.90 Å².